The van der Waals surface area contributed by atoms with E-state index in [1.54, 1.807) is 77.7 Å². The molecule has 9 rings (SSSR count). The maximum atomic E-state index is 15.0. The highest BCUT2D eigenvalue weighted by Crippen LogP contribution is 2.64. The Balaban J connectivity index is 1.13. The molecule has 2 aromatic heterocycles. The van der Waals surface area contributed by atoms with Gasteiger partial charge in [0.05, 0.1) is 33.7 Å². The number of carbonyl (C=O) groups is 5. The molecule has 4 aliphatic rings. The highest BCUT2D eigenvalue weighted by molar-refractivity contribution is 7.22. The lowest BCUT2D eigenvalue weighted by molar-refractivity contribution is -0.131. The number of benzene rings is 3. The SMILES string of the molecule is CC(=O)c1ccc(N2C(=O)C3CC=C4C(CC5C(=O)N(c6cc(-c7sc8ccc(Cl)cc8c7C)nn6C)C(=O)C5(C)C4c4ccc(O)cc4)C3C2=O)cc1. The zero-order valence-electron chi connectivity index (χ0n) is 29.9. The van der Waals surface area contributed by atoms with Crippen molar-refractivity contribution >= 4 is 73.9 Å². The Hall–Kier alpha value is -5.39. The van der Waals surface area contributed by atoms with Crippen LogP contribution in [0.4, 0.5) is 11.5 Å². The van der Waals surface area contributed by atoms with Crippen molar-refractivity contribution in [2.75, 3.05) is 9.80 Å². The Morgan fingerprint density at radius 3 is 2.35 bits per heavy atom. The van der Waals surface area contributed by atoms with Crippen LogP contribution in [-0.4, -0.2) is 44.3 Å². The number of aryl methyl sites for hydroxylation is 2. The van der Waals surface area contributed by atoms with Crippen molar-refractivity contribution in [3.05, 3.63) is 106 Å². The van der Waals surface area contributed by atoms with Gasteiger partial charge in [0.2, 0.25) is 23.6 Å². The van der Waals surface area contributed by atoms with Gasteiger partial charge in [0.25, 0.3) is 0 Å². The second-order valence-electron chi connectivity index (χ2n) is 15.1. The summed E-state index contributed by atoms with van der Waals surface area (Å²) in [5.74, 6) is -4.43. The van der Waals surface area contributed by atoms with Crippen LogP contribution in [0, 0.1) is 36.0 Å². The van der Waals surface area contributed by atoms with Crippen molar-refractivity contribution < 1.29 is 29.1 Å². The van der Waals surface area contributed by atoms with E-state index >= 15 is 4.79 Å². The van der Waals surface area contributed by atoms with Gasteiger partial charge in [-0.25, -0.2) is 4.90 Å². The molecular weight excluding hydrogens is 724 g/mol. The second kappa shape index (κ2) is 12.1. The first-order valence-corrected chi connectivity index (χ1v) is 19.1. The van der Waals surface area contributed by atoms with E-state index in [-0.39, 0.29) is 41.6 Å². The fourth-order valence-corrected chi connectivity index (χ4v) is 10.9. The maximum absolute atomic E-state index is 15.0. The third kappa shape index (κ3) is 4.77. The fraction of sp³-hybridized carbons (Fsp3) is 0.286. The Morgan fingerprint density at radius 1 is 0.926 bits per heavy atom. The maximum Gasteiger partial charge on any atom is 0.242 e. The summed E-state index contributed by atoms with van der Waals surface area (Å²) >= 11 is 7.87. The molecular formula is C42H35ClN4O6S. The standard InChI is InChI=1S/C42H35ClN4O6S/c1-20-29-17-24(43)9-16-33(29)54-37(20)32-19-34(45(4)44-32)47-39(51)31-18-30-27(36(42(31,3)41(47)53)23-7-12-26(49)13-8-23)14-15-28-35(30)40(52)46(38(28)50)25-10-5-22(6-11-25)21(2)48/h5-14,16-17,19,28,30-31,35-36,49H,15,18H2,1-4H3. The zero-order chi connectivity index (χ0) is 38.0. The van der Waals surface area contributed by atoms with Gasteiger partial charge in [0.1, 0.15) is 17.3 Å². The van der Waals surface area contributed by atoms with Crippen LogP contribution in [0.25, 0.3) is 20.7 Å². The lowest BCUT2D eigenvalue weighted by Crippen LogP contribution is -2.48. The summed E-state index contributed by atoms with van der Waals surface area (Å²) in [7, 11) is 1.72. The molecule has 272 valence electrons. The molecule has 6 unspecified atom stereocenters. The molecule has 5 aromatic rings. The number of rotatable bonds is 5. The molecule has 6 atom stereocenters. The molecule has 3 aromatic carbocycles. The van der Waals surface area contributed by atoms with E-state index < -0.39 is 35.0 Å². The molecule has 2 aliphatic heterocycles. The van der Waals surface area contributed by atoms with Crippen molar-refractivity contribution in [3.8, 4) is 16.3 Å². The summed E-state index contributed by atoms with van der Waals surface area (Å²) in [5, 5.41) is 16.7. The minimum Gasteiger partial charge on any atom is -0.508 e. The molecule has 3 fully saturated rings. The van der Waals surface area contributed by atoms with Crippen LogP contribution in [0.15, 0.2) is 84.4 Å². The number of thiophene rings is 1. The first-order chi connectivity index (χ1) is 25.8. The van der Waals surface area contributed by atoms with E-state index in [9.17, 15) is 24.3 Å². The van der Waals surface area contributed by atoms with E-state index in [0.29, 0.717) is 34.2 Å². The molecule has 10 nitrogen and oxygen atoms in total. The lowest BCUT2D eigenvalue weighted by Gasteiger charge is -2.49. The Labute approximate surface area is 319 Å². The molecule has 54 heavy (non-hydrogen) atoms. The third-order valence-electron chi connectivity index (χ3n) is 12.2. The van der Waals surface area contributed by atoms with Crippen LogP contribution in [0.5, 0.6) is 5.75 Å². The van der Waals surface area contributed by atoms with Crippen LogP contribution in [-0.2, 0) is 26.2 Å². The van der Waals surface area contributed by atoms with Crippen LogP contribution in [0.1, 0.15) is 54.1 Å². The Morgan fingerprint density at radius 2 is 1.65 bits per heavy atom. The normalized spacial score (nSPS) is 26.3. The average molecular weight is 759 g/mol. The summed E-state index contributed by atoms with van der Waals surface area (Å²) in [4.78, 5) is 73.5. The number of fused-ring (bicyclic) bond motifs is 5. The number of hydrogen-bond acceptors (Lipinski definition) is 8. The summed E-state index contributed by atoms with van der Waals surface area (Å²) in [6.45, 7) is 5.29. The van der Waals surface area contributed by atoms with Gasteiger partial charge in [-0.15, -0.1) is 11.3 Å². The van der Waals surface area contributed by atoms with Crippen LogP contribution in [0.2, 0.25) is 5.02 Å². The van der Waals surface area contributed by atoms with E-state index in [1.807, 2.05) is 38.1 Å². The van der Waals surface area contributed by atoms with E-state index in [4.69, 9.17) is 16.7 Å². The number of imide groups is 2. The third-order valence-corrected chi connectivity index (χ3v) is 13.8. The molecule has 1 saturated carbocycles. The number of aromatic nitrogens is 2. The zero-order valence-corrected chi connectivity index (χ0v) is 31.4. The first-order valence-electron chi connectivity index (χ1n) is 17.9. The van der Waals surface area contributed by atoms with E-state index in [2.05, 4.69) is 0 Å². The van der Waals surface area contributed by atoms with Crippen molar-refractivity contribution in [1.82, 2.24) is 9.78 Å². The van der Waals surface area contributed by atoms with Gasteiger partial charge in [0, 0.05) is 34.3 Å². The molecule has 0 bridgehead atoms. The summed E-state index contributed by atoms with van der Waals surface area (Å²) in [5.41, 5.74) is 2.83. The minimum atomic E-state index is -1.24. The van der Waals surface area contributed by atoms with Crippen LogP contribution < -0.4 is 9.80 Å². The summed E-state index contributed by atoms with van der Waals surface area (Å²) in [6.07, 6.45) is 2.50. The molecule has 0 radical (unpaired) electrons. The monoisotopic (exact) mass is 758 g/mol. The number of carbonyl (C=O) groups excluding carboxylic acids is 5. The highest BCUT2D eigenvalue weighted by Gasteiger charge is 2.68. The largest absolute Gasteiger partial charge is 0.508 e. The van der Waals surface area contributed by atoms with Gasteiger partial charge >= 0.3 is 0 Å². The molecule has 1 N–H and O–H groups in total. The molecule has 0 spiro atoms. The Bertz CT molecular complexity index is 2520. The smallest absolute Gasteiger partial charge is 0.242 e. The second-order valence-corrected chi connectivity index (χ2v) is 16.6. The lowest BCUT2D eigenvalue weighted by atomic mass is 9.51. The molecule has 4 heterocycles. The first kappa shape index (κ1) is 34.4. The van der Waals surface area contributed by atoms with Gasteiger partial charge in [-0.05, 0) is 111 Å². The summed E-state index contributed by atoms with van der Waals surface area (Å²) in [6, 6.07) is 20.6. The number of allylic oxidation sites excluding steroid dienone is 2. The topological polar surface area (TPSA) is 130 Å². The van der Waals surface area contributed by atoms with Gasteiger partial charge in [-0.1, -0.05) is 35.4 Å². The van der Waals surface area contributed by atoms with Gasteiger partial charge in [-0.2, -0.15) is 5.10 Å². The fourth-order valence-electron chi connectivity index (χ4n) is 9.60. The Kier molecular flexibility index (Phi) is 7.68. The number of ketones is 1. The van der Waals surface area contributed by atoms with Crippen molar-refractivity contribution in [2.45, 2.75) is 39.5 Å². The van der Waals surface area contributed by atoms with Crippen molar-refractivity contribution in [2.24, 2.45) is 36.1 Å². The molecule has 4 amide bonds. The molecule has 2 saturated heterocycles. The van der Waals surface area contributed by atoms with E-state index in [0.717, 1.165) is 31.7 Å². The van der Waals surface area contributed by atoms with Gasteiger partial charge in [-0.3, -0.25) is 33.6 Å². The van der Waals surface area contributed by atoms with Crippen molar-refractivity contribution in [3.63, 3.8) is 0 Å². The predicted octanol–water partition coefficient (Wildman–Crippen LogP) is 7.61. The number of Topliss-reactive ketones (excluding diaryl/α,β-unsaturated/α-hetero) is 1. The molecule has 2 aliphatic carbocycles. The number of nitrogens with zero attached hydrogens (tertiary/aromatic N) is 4. The quantitative estimate of drug-likeness (QED) is 0.111. The number of aromatic hydroxyl groups is 1. The average Bonchev–Trinajstić information content (AvgIpc) is 3.82. The minimum absolute atomic E-state index is 0.0603. The number of anilines is 2. The van der Waals surface area contributed by atoms with E-state index in [1.165, 1.54) is 16.7 Å². The molecule has 12 heteroatoms. The predicted molar refractivity (Wildman–Crippen MR) is 205 cm³/mol. The van der Waals surface area contributed by atoms with Gasteiger partial charge < -0.3 is 5.11 Å². The summed E-state index contributed by atoms with van der Waals surface area (Å²) < 4.78 is 2.61. The number of halogens is 1. The number of phenols is 1. The highest BCUT2D eigenvalue weighted by atomic mass is 35.5. The number of phenolic OH excluding ortho intramolecular Hbond substituents is 1. The van der Waals surface area contributed by atoms with Crippen LogP contribution >= 0.6 is 22.9 Å². The van der Waals surface area contributed by atoms with Gasteiger partial charge in [0.15, 0.2) is 5.78 Å². The number of amides is 4. The number of hydrogen-bond donors (Lipinski definition) is 1. The van der Waals surface area contributed by atoms with Crippen LogP contribution in [0.3, 0.4) is 0 Å². The van der Waals surface area contributed by atoms with Crippen molar-refractivity contribution in [1.29, 1.82) is 0 Å².